The molecule has 0 aliphatic carbocycles. The van der Waals surface area contributed by atoms with Gasteiger partial charge in [-0.3, -0.25) is 9.59 Å². The van der Waals surface area contributed by atoms with Gasteiger partial charge in [0.05, 0.1) is 23.3 Å². The number of amides is 2. The number of benzene rings is 2. The predicted molar refractivity (Wildman–Crippen MR) is 86.0 cm³/mol. The van der Waals surface area contributed by atoms with Crippen molar-refractivity contribution in [1.29, 1.82) is 0 Å². The number of carbonyl (C=O) groups excluding carboxylic acids is 2. The SMILES string of the molecule is O=C(CNC(=O)c1ccccc1Cl)NN=Cc1ccccc1. The van der Waals surface area contributed by atoms with Crippen LogP contribution in [0.1, 0.15) is 15.9 Å². The van der Waals surface area contributed by atoms with Crippen molar-refractivity contribution in [2.24, 2.45) is 5.10 Å². The zero-order chi connectivity index (χ0) is 15.8. The van der Waals surface area contributed by atoms with Gasteiger partial charge in [0.15, 0.2) is 0 Å². The smallest absolute Gasteiger partial charge is 0.259 e. The van der Waals surface area contributed by atoms with Crippen molar-refractivity contribution >= 4 is 29.6 Å². The molecule has 112 valence electrons. The molecule has 0 saturated heterocycles. The lowest BCUT2D eigenvalue weighted by molar-refractivity contribution is -0.120. The number of halogens is 1. The van der Waals surface area contributed by atoms with E-state index in [0.29, 0.717) is 10.6 Å². The van der Waals surface area contributed by atoms with Crippen molar-refractivity contribution in [3.63, 3.8) is 0 Å². The van der Waals surface area contributed by atoms with Gasteiger partial charge in [0.1, 0.15) is 0 Å². The Labute approximate surface area is 133 Å². The molecule has 6 heteroatoms. The zero-order valence-corrected chi connectivity index (χ0v) is 12.4. The second-order valence-corrected chi connectivity index (χ2v) is 4.77. The number of hydrazone groups is 1. The number of carbonyl (C=O) groups is 2. The molecular weight excluding hydrogens is 302 g/mol. The molecule has 22 heavy (non-hydrogen) atoms. The van der Waals surface area contributed by atoms with E-state index in [0.717, 1.165) is 5.56 Å². The van der Waals surface area contributed by atoms with E-state index in [1.807, 2.05) is 30.3 Å². The summed E-state index contributed by atoms with van der Waals surface area (Å²) in [6.07, 6.45) is 1.52. The molecule has 0 spiro atoms. The highest BCUT2D eigenvalue weighted by Crippen LogP contribution is 2.14. The van der Waals surface area contributed by atoms with Crippen molar-refractivity contribution in [2.45, 2.75) is 0 Å². The quantitative estimate of drug-likeness (QED) is 0.656. The van der Waals surface area contributed by atoms with Crippen LogP contribution < -0.4 is 10.7 Å². The zero-order valence-electron chi connectivity index (χ0n) is 11.6. The molecule has 2 rings (SSSR count). The van der Waals surface area contributed by atoms with Crippen LogP contribution in [0.3, 0.4) is 0 Å². The maximum Gasteiger partial charge on any atom is 0.259 e. The maximum atomic E-state index is 11.9. The van der Waals surface area contributed by atoms with Gasteiger partial charge in [-0.25, -0.2) is 5.43 Å². The van der Waals surface area contributed by atoms with E-state index < -0.39 is 11.8 Å². The Balaban J connectivity index is 1.80. The molecule has 0 atom stereocenters. The molecule has 0 aromatic heterocycles. The predicted octanol–water partition coefficient (Wildman–Crippen LogP) is 2.22. The van der Waals surface area contributed by atoms with Crippen LogP contribution in [0, 0.1) is 0 Å². The van der Waals surface area contributed by atoms with Crippen LogP contribution in [-0.2, 0) is 4.79 Å². The molecule has 0 aliphatic rings. The number of hydrogen-bond donors (Lipinski definition) is 2. The minimum Gasteiger partial charge on any atom is -0.343 e. The van der Waals surface area contributed by atoms with Gasteiger partial charge < -0.3 is 5.32 Å². The van der Waals surface area contributed by atoms with Crippen LogP contribution in [-0.4, -0.2) is 24.6 Å². The number of nitrogens with one attached hydrogen (secondary N) is 2. The third-order valence-corrected chi connectivity index (χ3v) is 3.06. The Hall–Kier alpha value is -2.66. The highest BCUT2D eigenvalue weighted by molar-refractivity contribution is 6.33. The summed E-state index contributed by atoms with van der Waals surface area (Å²) in [4.78, 5) is 23.4. The Morgan fingerprint density at radius 1 is 1.05 bits per heavy atom. The van der Waals surface area contributed by atoms with Crippen molar-refractivity contribution < 1.29 is 9.59 Å². The molecule has 0 bridgehead atoms. The first-order valence-corrected chi connectivity index (χ1v) is 6.94. The van der Waals surface area contributed by atoms with Gasteiger partial charge in [-0.2, -0.15) is 5.10 Å². The first-order valence-electron chi connectivity index (χ1n) is 6.56. The Morgan fingerprint density at radius 3 is 2.45 bits per heavy atom. The largest absolute Gasteiger partial charge is 0.343 e. The van der Waals surface area contributed by atoms with Crippen molar-refractivity contribution in [3.05, 3.63) is 70.7 Å². The summed E-state index contributed by atoms with van der Waals surface area (Å²) in [5.41, 5.74) is 3.52. The number of hydrogen-bond acceptors (Lipinski definition) is 3. The van der Waals surface area contributed by atoms with Gasteiger partial charge in [0.25, 0.3) is 11.8 Å². The molecule has 0 radical (unpaired) electrons. The van der Waals surface area contributed by atoms with E-state index in [-0.39, 0.29) is 6.54 Å². The average molecular weight is 316 g/mol. The number of rotatable bonds is 5. The number of nitrogens with zero attached hydrogens (tertiary/aromatic N) is 1. The van der Waals surface area contributed by atoms with Gasteiger partial charge in [0, 0.05) is 0 Å². The lowest BCUT2D eigenvalue weighted by Crippen LogP contribution is -2.35. The topological polar surface area (TPSA) is 70.6 Å². The third kappa shape index (κ3) is 4.71. The van der Waals surface area contributed by atoms with Crippen molar-refractivity contribution in [1.82, 2.24) is 10.7 Å². The van der Waals surface area contributed by atoms with Crippen molar-refractivity contribution in [2.75, 3.05) is 6.54 Å². The highest BCUT2D eigenvalue weighted by atomic mass is 35.5. The van der Waals surface area contributed by atoms with E-state index in [9.17, 15) is 9.59 Å². The fourth-order valence-corrected chi connectivity index (χ4v) is 1.88. The van der Waals surface area contributed by atoms with E-state index in [1.54, 1.807) is 24.3 Å². The van der Waals surface area contributed by atoms with E-state index in [2.05, 4.69) is 15.8 Å². The van der Waals surface area contributed by atoms with E-state index in [1.165, 1.54) is 6.21 Å². The van der Waals surface area contributed by atoms with E-state index in [4.69, 9.17) is 11.6 Å². The average Bonchev–Trinajstić information content (AvgIpc) is 2.54. The van der Waals surface area contributed by atoms with Crippen LogP contribution in [0.5, 0.6) is 0 Å². The van der Waals surface area contributed by atoms with Gasteiger partial charge in [-0.05, 0) is 17.7 Å². The van der Waals surface area contributed by atoms with Crippen LogP contribution in [0.15, 0.2) is 59.7 Å². The molecule has 0 heterocycles. The first kappa shape index (κ1) is 15.7. The first-order chi connectivity index (χ1) is 10.7. The maximum absolute atomic E-state index is 11.9. The molecule has 0 aliphatic heterocycles. The standard InChI is InChI=1S/C16H14ClN3O2/c17-14-9-5-4-8-13(14)16(22)18-11-15(21)20-19-10-12-6-2-1-3-7-12/h1-10H,11H2,(H,18,22)(H,20,21). The summed E-state index contributed by atoms with van der Waals surface area (Å²) in [6.45, 7) is -0.184. The molecule has 2 N–H and O–H groups in total. The minimum atomic E-state index is -0.424. The molecule has 2 aromatic rings. The molecule has 0 unspecified atom stereocenters. The monoisotopic (exact) mass is 315 g/mol. The van der Waals surface area contributed by atoms with Crippen LogP contribution in [0.25, 0.3) is 0 Å². The van der Waals surface area contributed by atoms with Gasteiger partial charge >= 0.3 is 0 Å². The molecule has 2 amide bonds. The van der Waals surface area contributed by atoms with Crippen LogP contribution >= 0.6 is 11.6 Å². The summed E-state index contributed by atoms with van der Waals surface area (Å²) in [5, 5.41) is 6.62. The third-order valence-electron chi connectivity index (χ3n) is 2.73. The Kier molecular flexibility index (Phi) is 5.68. The van der Waals surface area contributed by atoms with Crippen LogP contribution in [0.2, 0.25) is 5.02 Å². The van der Waals surface area contributed by atoms with E-state index >= 15 is 0 Å². The minimum absolute atomic E-state index is 0.184. The summed E-state index contributed by atoms with van der Waals surface area (Å²) in [7, 11) is 0. The fraction of sp³-hybridized carbons (Fsp3) is 0.0625. The summed E-state index contributed by atoms with van der Waals surface area (Å²) in [5.74, 6) is -0.833. The van der Waals surface area contributed by atoms with Crippen molar-refractivity contribution in [3.8, 4) is 0 Å². The van der Waals surface area contributed by atoms with Crippen LogP contribution in [0.4, 0.5) is 0 Å². The fourth-order valence-electron chi connectivity index (χ4n) is 1.66. The second-order valence-electron chi connectivity index (χ2n) is 4.37. The molecule has 0 saturated carbocycles. The lowest BCUT2D eigenvalue weighted by atomic mass is 10.2. The Bertz CT molecular complexity index is 687. The molecule has 2 aromatic carbocycles. The highest BCUT2D eigenvalue weighted by Gasteiger charge is 2.10. The summed E-state index contributed by atoms with van der Waals surface area (Å²) in [6, 6.07) is 16.0. The molecule has 5 nitrogen and oxygen atoms in total. The summed E-state index contributed by atoms with van der Waals surface area (Å²) >= 11 is 5.90. The van der Waals surface area contributed by atoms with Gasteiger partial charge in [-0.1, -0.05) is 54.1 Å². The molecular formula is C16H14ClN3O2. The van der Waals surface area contributed by atoms with Gasteiger partial charge in [-0.15, -0.1) is 0 Å². The summed E-state index contributed by atoms with van der Waals surface area (Å²) < 4.78 is 0. The Morgan fingerprint density at radius 2 is 1.73 bits per heavy atom. The second kappa shape index (κ2) is 7.95. The molecule has 0 fully saturated rings. The van der Waals surface area contributed by atoms with Gasteiger partial charge in [0.2, 0.25) is 0 Å². The normalized spacial score (nSPS) is 10.4. The lowest BCUT2D eigenvalue weighted by Gasteiger charge is -2.05.